The number of ether oxygens (including phenoxy) is 1. The summed E-state index contributed by atoms with van der Waals surface area (Å²) in [5, 5.41) is 3.61. The Morgan fingerprint density at radius 1 is 1.00 bits per heavy atom. The number of para-hydroxylation sites is 1. The van der Waals surface area contributed by atoms with E-state index in [0.29, 0.717) is 26.5 Å². The van der Waals surface area contributed by atoms with Crippen molar-refractivity contribution < 1.29 is 13.9 Å². The van der Waals surface area contributed by atoms with Gasteiger partial charge in [0.1, 0.15) is 11.6 Å². The molecule has 0 radical (unpaired) electrons. The third-order valence-corrected chi connectivity index (χ3v) is 4.76. The third kappa shape index (κ3) is 5.94. The first kappa shape index (κ1) is 21.1. The highest BCUT2D eigenvalue weighted by Crippen LogP contribution is 2.28. The quantitative estimate of drug-likeness (QED) is 0.432. The van der Waals surface area contributed by atoms with E-state index in [1.165, 1.54) is 18.2 Å². The standard InChI is InChI=1S/C21H14Cl3FN2O2/c22-15-7-6-14(10-16(15)23)26-11-13-5-8-20(17(24)9-13)29-12-21(28)27-19-4-2-1-3-18(19)25/h1-11H,12H2,(H,27,28). The number of amides is 1. The lowest BCUT2D eigenvalue weighted by Crippen LogP contribution is -2.20. The summed E-state index contributed by atoms with van der Waals surface area (Å²) >= 11 is 18.1. The summed E-state index contributed by atoms with van der Waals surface area (Å²) in [6.07, 6.45) is 1.61. The van der Waals surface area contributed by atoms with Gasteiger partial charge in [-0.25, -0.2) is 4.39 Å². The molecule has 0 aliphatic rings. The molecule has 0 spiro atoms. The van der Waals surface area contributed by atoms with Crippen molar-refractivity contribution in [1.82, 2.24) is 0 Å². The van der Waals surface area contributed by atoms with Crippen molar-refractivity contribution in [3.63, 3.8) is 0 Å². The minimum Gasteiger partial charge on any atom is -0.482 e. The van der Waals surface area contributed by atoms with E-state index in [0.717, 1.165) is 5.56 Å². The van der Waals surface area contributed by atoms with Gasteiger partial charge in [-0.1, -0.05) is 46.9 Å². The summed E-state index contributed by atoms with van der Waals surface area (Å²) in [6.45, 7) is -0.315. The Kier molecular flexibility index (Phi) is 7.09. The first-order valence-corrected chi connectivity index (χ1v) is 9.51. The third-order valence-electron chi connectivity index (χ3n) is 3.73. The number of carbonyl (C=O) groups excluding carboxylic acids is 1. The van der Waals surface area contributed by atoms with Crippen LogP contribution in [-0.4, -0.2) is 18.7 Å². The maximum Gasteiger partial charge on any atom is 0.262 e. The topological polar surface area (TPSA) is 50.7 Å². The lowest BCUT2D eigenvalue weighted by atomic mass is 10.2. The zero-order valence-corrected chi connectivity index (χ0v) is 17.1. The van der Waals surface area contributed by atoms with Gasteiger partial charge in [0.2, 0.25) is 0 Å². The second kappa shape index (κ2) is 9.74. The van der Waals surface area contributed by atoms with Crippen molar-refractivity contribution in [2.75, 3.05) is 11.9 Å². The molecule has 148 valence electrons. The SMILES string of the molecule is O=C(COc1ccc(C=Nc2ccc(Cl)c(Cl)c2)cc1Cl)Nc1ccccc1F. The van der Waals surface area contributed by atoms with Crippen LogP contribution in [0.4, 0.5) is 15.8 Å². The molecule has 0 saturated carbocycles. The number of rotatable bonds is 6. The number of halogens is 4. The minimum absolute atomic E-state index is 0.0843. The van der Waals surface area contributed by atoms with E-state index in [1.54, 1.807) is 48.7 Å². The second-order valence-corrected chi connectivity index (χ2v) is 7.08. The van der Waals surface area contributed by atoms with Crippen LogP contribution in [0.1, 0.15) is 5.56 Å². The molecule has 8 heteroatoms. The van der Waals surface area contributed by atoms with E-state index in [2.05, 4.69) is 10.3 Å². The number of aliphatic imine (C=N–C) groups is 1. The average Bonchev–Trinajstić information content (AvgIpc) is 2.70. The molecule has 0 fully saturated rings. The number of hydrogen-bond donors (Lipinski definition) is 1. The molecule has 0 aliphatic heterocycles. The Balaban J connectivity index is 1.60. The van der Waals surface area contributed by atoms with Crippen LogP contribution in [0.5, 0.6) is 5.75 Å². The Morgan fingerprint density at radius 2 is 1.79 bits per heavy atom. The number of anilines is 1. The van der Waals surface area contributed by atoms with Gasteiger partial charge in [0, 0.05) is 6.21 Å². The van der Waals surface area contributed by atoms with Gasteiger partial charge < -0.3 is 10.1 Å². The zero-order chi connectivity index (χ0) is 20.8. The number of carbonyl (C=O) groups is 1. The van der Waals surface area contributed by atoms with Gasteiger partial charge in [0.15, 0.2) is 6.61 Å². The lowest BCUT2D eigenvalue weighted by Gasteiger charge is -2.09. The van der Waals surface area contributed by atoms with Crippen molar-refractivity contribution in [2.45, 2.75) is 0 Å². The van der Waals surface area contributed by atoms with Crippen molar-refractivity contribution in [3.8, 4) is 5.75 Å². The van der Waals surface area contributed by atoms with Crippen LogP contribution < -0.4 is 10.1 Å². The highest BCUT2D eigenvalue weighted by Gasteiger charge is 2.09. The summed E-state index contributed by atoms with van der Waals surface area (Å²) in [7, 11) is 0. The van der Waals surface area contributed by atoms with Crippen LogP contribution in [0.2, 0.25) is 15.1 Å². The van der Waals surface area contributed by atoms with Crippen LogP contribution in [0.25, 0.3) is 0 Å². The summed E-state index contributed by atoms with van der Waals surface area (Å²) < 4.78 is 19.0. The fourth-order valence-electron chi connectivity index (χ4n) is 2.32. The van der Waals surface area contributed by atoms with E-state index in [9.17, 15) is 9.18 Å². The zero-order valence-electron chi connectivity index (χ0n) is 14.8. The summed E-state index contributed by atoms with van der Waals surface area (Å²) in [5.41, 5.74) is 1.45. The Bertz CT molecular complexity index is 1070. The largest absolute Gasteiger partial charge is 0.482 e. The lowest BCUT2D eigenvalue weighted by molar-refractivity contribution is -0.118. The van der Waals surface area contributed by atoms with E-state index in [4.69, 9.17) is 39.5 Å². The molecule has 3 rings (SSSR count). The molecule has 29 heavy (non-hydrogen) atoms. The molecule has 0 unspecified atom stereocenters. The van der Waals surface area contributed by atoms with Gasteiger partial charge in [-0.15, -0.1) is 0 Å². The first-order chi connectivity index (χ1) is 13.9. The molecule has 1 N–H and O–H groups in total. The predicted octanol–water partition coefficient (Wildman–Crippen LogP) is 6.55. The summed E-state index contributed by atoms with van der Waals surface area (Å²) in [5.74, 6) is -0.706. The van der Waals surface area contributed by atoms with Crippen molar-refractivity contribution in [2.24, 2.45) is 4.99 Å². The fourth-order valence-corrected chi connectivity index (χ4v) is 2.86. The van der Waals surface area contributed by atoms with Gasteiger partial charge in [0.05, 0.1) is 26.4 Å². The average molecular weight is 452 g/mol. The van der Waals surface area contributed by atoms with Gasteiger partial charge in [0.25, 0.3) is 5.91 Å². The Morgan fingerprint density at radius 3 is 2.52 bits per heavy atom. The minimum atomic E-state index is -0.524. The molecule has 3 aromatic carbocycles. The van der Waals surface area contributed by atoms with E-state index >= 15 is 0 Å². The maximum absolute atomic E-state index is 13.6. The molecular formula is C21H14Cl3FN2O2. The number of benzene rings is 3. The normalized spacial score (nSPS) is 10.9. The van der Waals surface area contributed by atoms with Crippen molar-refractivity contribution in [1.29, 1.82) is 0 Å². The number of nitrogens with zero attached hydrogens (tertiary/aromatic N) is 1. The molecular weight excluding hydrogens is 438 g/mol. The van der Waals surface area contributed by atoms with Crippen LogP contribution in [0, 0.1) is 5.82 Å². The molecule has 4 nitrogen and oxygen atoms in total. The van der Waals surface area contributed by atoms with Crippen LogP contribution in [-0.2, 0) is 4.79 Å². The highest BCUT2D eigenvalue weighted by molar-refractivity contribution is 6.42. The second-order valence-electron chi connectivity index (χ2n) is 5.86. The van der Waals surface area contributed by atoms with Gasteiger partial charge >= 0.3 is 0 Å². The molecule has 0 bridgehead atoms. The van der Waals surface area contributed by atoms with Crippen molar-refractivity contribution in [3.05, 3.63) is 87.1 Å². The molecule has 0 aromatic heterocycles. The highest BCUT2D eigenvalue weighted by atomic mass is 35.5. The van der Waals surface area contributed by atoms with Crippen LogP contribution in [0.15, 0.2) is 65.7 Å². The maximum atomic E-state index is 13.6. The Hall–Kier alpha value is -2.60. The van der Waals surface area contributed by atoms with Crippen molar-refractivity contribution >= 4 is 58.3 Å². The van der Waals surface area contributed by atoms with Gasteiger partial charge in [-0.05, 0) is 54.1 Å². The summed E-state index contributed by atoms with van der Waals surface area (Å²) in [4.78, 5) is 16.3. The van der Waals surface area contributed by atoms with Crippen LogP contribution >= 0.6 is 34.8 Å². The molecule has 0 heterocycles. The monoisotopic (exact) mass is 450 g/mol. The Labute approximate surface area is 181 Å². The molecule has 0 saturated heterocycles. The summed E-state index contributed by atoms with van der Waals surface area (Å²) in [6, 6.07) is 15.9. The molecule has 1 amide bonds. The predicted molar refractivity (Wildman–Crippen MR) is 116 cm³/mol. The number of hydrogen-bond acceptors (Lipinski definition) is 3. The fraction of sp³-hybridized carbons (Fsp3) is 0.0476. The van der Waals surface area contributed by atoms with E-state index in [1.807, 2.05) is 0 Å². The van der Waals surface area contributed by atoms with Crippen LogP contribution in [0.3, 0.4) is 0 Å². The number of nitrogens with one attached hydrogen (secondary N) is 1. The molecule has 0 atom stereocenters. The van der Waals surface area contributed by atoms with Gasteiger partial charge in [-0.2, -0.15) is 0 Å². The smallest absolute Gasteiger partial charge is 0.262 e. The van der Waals surface area contributed by atoms with Gasteiger partial charge in [-0.3, -0.25) is 9.79 Å². The molecule has 3 aromatic rings. The van der Waals surface area contributed by atoms with E-state index in [-0.39, 0.29) is 12.3 Å². The first-order valence-electron chi connectivity index (χ1n) is 8.38. The molecule has 0 aliphatic carbocycles. The van der Waals surface area contributed by atoms with E-state index < -0.39 is 11.7 Å².